The summed E-state index contributed by atoms with van der Waals surface area (Å²) in [5.74, 6) is 1.02. The zero-order chi connectivity index (χ0) is 16.9. The fourth-order valence-electron chi connectivity index (χ4n) is 3.88. The maximum atomic E-state index is 12.4. The second-order valence-electron chi connectivity index (χ2n) is 7.50. The Morgan fingerprint density at radius 1 is 1.17 bits per heavy atom. The van der Waals surface area contributed by atoms with E-state index in [1.165, 1.54) is 24.1 Å². The average molecular weight is 329 g/mol. The van der Waals surface area contributed by atoms with E-state index in [4.69, 9.17) is 0 Å². The predicted molar refractivity (Wildman–Crippen MR) is 99.4 cm³/mol. The van der Waals surface area contributed by atoms with E-state index in [9.17, 15) is 4.79 Å². The van der Waals surface area contributed by atoms with Crippen LogP contribution in [0.5, 0.6) is 0 Å². The molecule has 1 unspecified atom stereocenters. The van der Waals surface area contributed by atoms with Gasteiger partial charge in [0.2, 0.25) is 5.91 Å². The molecule has 2 heterocycles. The molecule has 4 nitrogen and oxygen atoms in total. The summed E-state index contributed by atoms with van der Waals surface area (Å²) in [7, 11) is 0. The first-order chi connectivity index (χ1) is 11.6. The van der Waals surface area contributed by atoms with Crippen LogP contribution in [0, 0.1) is 12.8 Å². The number of amides is 1. The Balaban J connectivity index is 1.41. The van der Waals surface area contributed by atoms with Gasteiger partial charge in [0.1, 0.15) is 0 Å². The van der Waals surface area contributed by atoms with E-state index < -0.39 is 0 Å². The molecule has 0 spiro atoms. The summed E-state index contributed by atoms with van der Waals surface area (Å²) in [5, 5.41) is 0. The van der Waals surface area contributed by atoms with Crippen LogP contribution in [0.4, 0.5) is 5.69 Å². The predicted octanol–water partition coefficient (Wildman–Crippen LogP) is 2.77. The van der Waals surface area contributed by atoms with Crippen LogP contribution in [0.2, 0.25) is 0 Å². The fraction of sp³-hybridized carbons (Fsp3) is 0.650. The number of carbonyl (C=O) groups is 1. The molecule has 0 radical (unpaired) electrons. The molecule has 0 saturated carbocycles. The second kappa shape index (κ2) is 8.02. The number of carbonyl (C=O) groups excluding carboxylic acids is 1. The zero-order valence-electron chi connectivity index (χ0n) is 15.2. The number of hydrogen-bond acceptors (Lipinski definition) is 3. The van der Waals surface area contributed by atoms with Crippen molar-refractivity contribution < 1.29 is 4.79 Å². The van der Waals surface area contributed by atoms with Gasteiger partial charge in [-0.15, -0.1) is 0 Å². The van der Waals surface area contributed by atoms with E-state index in [0.717, 1.165) is 45.8 Å². The highest BCUT2D eigenvalue weighted by Crippen LogP contribution is 2.19. The highest BCUT2D eigenvalue weighted by molar-refractivity contribution is 5.76. The van der Waals surface area contributed by atoms with E-state index in [2.05, 4.69) is 52.8 Å². The second-order valence-corrected chi connectivity index (χ2v) is 7.50. The Hall–Kier alpha value is -1.55. The average Bonchev–Trinajstić information content (AvgIpc) is 2.60. The minimum absolute atomic E-state index is 0.350. The number of anilines is 1. The van der Waals surface area contributed by atoms with E-state index in [0.29, 0.717) is 18.2 Å². The van der Waals surface area contributed by atoms with Crippen LogP contribution >= 0.6 is 0 Å². The summed E-state index contributed by atoms with van der Waals surface area (Å²) in [6, 6.07) is 8.74. The highest BCUT2D eigenvalue weighted by atomic mass is 16.2. The Morgan fingerprint density at radius 3 is 2.67 bits per heavy atom. The Bertz CT molecular complexity index is 552. The van der Waals surface area contributed by atoms with Gasteiger partial charge in [-0.2, -0.15) is 0 Å². The minimum atomic E-state index is 0.350. The van der Waals surface area contributed by atoms with Gasteiger partial charge in [-0.3, -0.25) is 9.69 Å². The molecule has 24 heavy (non-hydrogen) atoms. The third kappa shape index (κ3) is 4.50. The highest BCUT2D eigenvalue weighted by Gasteiger charge is 2.22. The van der Waals surface area contributed by atoms with Gasteiger partial charge in [0.05, 0.1) is 0 Å². The molecule has 2 aliphatic heterocycles. The summed E-state index contributed by atoms with van der Waals surface area (Å²) < 4.78 is 0. The first-order valence-corrected chi connectivity index (χ1v) is 9.43. The third-order valence-corrected chi connectivity index (χ3v) is 5.39. The lowest BCUT2D eigenvalue weighted by molar-refractivity contribution is -0.133. The summed E-state index contributed by atoms with van der Waals surface area (Å²) in [6.07, 6.45) is 3.12. The molecular weight excluding hydrogens is 298 g/mol. The van der Waals surface area contributed by atoms with Gasteiger partial charge in [0.15, 0.2) is 0 Å². The first-order valence-electron chi connectivity index (χ1n) is 9.43. The van der Waals surface area contributed by atoms with Crippen molar-refractivity contribution in [3.05, 3.63) is 29.8 Å². The van der Waals surface area contributed by atoms with Crippen LogP contribution in [0.25, 0.3) is 0 Å². The topological polar surface area (TPSA) is 26.8 Å². The lowest BCUT2D eigenvalue weighted by Gasteiger charge is -2.37. The number of likely N-dealkylation sites (tertiary alicyclic amines) is 1. The maximum Gasteiger partial charge on any atom is 0.223 e. The van der Waals surface area contributed by atoms with Crippen molar-refractivity contribution in [3.8, 4) is 0 Å². The molecule has 1 amide bonds. The van der Waals surface area contributed by atoms with Crippen molar-refractivity contribution >= 4 is 11.6 Å². The molecule has 1 atom stereocenters. The number of benzene rings is 1. The molecule has 132 valence electrons. The molecule has 4 heteroatoms. The van der Waals surface area contributed by atoms with Gasteiger partial charge < -0.3 is 9.80 Å². The molecule has 2 saturated heterocycles. The summed E-state index contributed by atoms with van der Waals surface area (Å²) in [4.78, 5) is 19.4. The monoisotopic (exact) mass is 329 g/mol. The van der Waals surface area contributed by atoms with Gasteiger partial charge in [-0.1, -0.05) is 19.1 Å². The first kappa shape index (κ1) is 17.3. The molecule has 0 aromatic heterocycles. The van der Waals surface area contributed by atoms with Gasteiger partial charge in [0.25, 0.3) is 0 Å². The Morgan fingerprint density at radius 2 is 1.96 bits per heavy atom. The van der Waals surface area contributed by atoms with Crippen LogP contribution < -0.4 is 4.90 Å². The molecule has 3 rings (SSSR count). The Labute approximate surface area is 146 Å². The van der Waals surface area contributed by atoms with Crippen molar-refractivity contribution in [2.75, 3.05) is 50.7 Å². The summed E-state index contributed by atoms with van der Waals surface area (Å²) >= 11 is 0. The largest absolute Gasteiger partial charge is 0.369 e. The van der Waals surface area contributed by atoms with Crippen LogP contribution in [-0.2, 0) is 4.79 Å². The number of aryl methyl sites for hydroxylation is 1. The lowest BCUT2D eigenvalue weighted by Crippen LogP contribution is -2.48. The molecule has 2 fully saturated rings. The van der Waals surface area contributed by atoms with Crippen LogP contribution in [-0.4, -0.2) is 61.5 Å². The third-order valence-electron chi connectivity index (χ3n) is 5.39. The lowest BCUT2D eigenvalue weighted by atomic mass is 10.00. The van der Waals surface area contributed by atoms with Crippen LogP contribution in [0.1, 0.15) is 31.7 Å². The normalized spacial score (nSPS) is 22.7. The fourth-order valence-corrected chi connectivity index (χ4v) is 3.88. The molecule has 1 aromatic carbocycles. The van der Waals surface area contributed by atoms with Crippen molar-refractivity contribution in [3.63, 3.8) is 0 Å². The van der Waals surface area contributed by atoms with E-state index in [1.54, 1.807) is 0 Å². The minimum Gasteiger partial charge on any atom is -0.369 e. The Kier molecular flexibility index (Phi) is 5.77. The number of piperidine rings is 1. The maximum absolute atomic E-state index is 12.4. The number of rotatable bonds is 4. The smallest absolute Gasteiger partial charge is 0.223 e. The van der Waals surface area contributed by atoms with Crippen LogP contribution in [0.3, 0.4) is 0 Å². The summed E-state index contributed by atoms with van der Waals surface area (Å²) in [5.41, 5.74) is 2.64. The van der Waals surface area contributed by atoms with Gasteiger partial charge >= 0.3 is 0 Å². The van der Waals surface area contributed by atoms with Crippen molar-refractivity contribution in [2.24, 2.45) is 5.92 Å². The van der Waals surface area contributed by atoms with E-state index in [-0.39, 0.29) is 0 Å². The molecule has 0 aliphatic carbocycles. The molecule has 1 aromatic rings. The van der Waals surface area contributed by atoms with Gasteiger partial charge in [-0.05, 0) is 43.4 Å². The standard InChI is InChI=1S/C20H31N3O/c1-17-5-3-7-19(15-17)22-13-11-21(12-14-22)10-8-20(24)23-9-4-6-18(2)16-23/h3,5,7,15,18H,4,6,8-14,16H2,1-2H3. The number of nitrogens with zero attached hydrogens (tertiary/aromatic N) is 3. The number of piperazine rings is 1. The van der Waals surface area contributed by atoms with Crippen molar-refractivity contribution in [2.45, 2.75) is 33.1 Å². The van der Waals surface area contributed by atoms with Crippen molar-refractivity contribution in [1.29, 1.82) is 0 Å². The molecule has 0 bridgehead atoms. The molecule has 0 N–H and O–H groups in total. The SMILES string of the molecule is Cc1cccc(N2CCN(CCC(=O)N3CCCC(C)C3)CC2)c1. The number of hydrogen-bond donors (Lipinski definition) is 0. The van der Waals surface area contributed by atoms with E-state index in [1.807, 2.05) is 0 Å². The summed E-state index contributed by atoms with van der Waals surface area (Å²) in [6.45, 7) is 11.4. The van der Waals surface area contributed by atoms with Gasteiger partial charge in [-0.25, -0.2) is 0 Å². The van der Waals surface area contributed by atoms with Crippen LogP contribution in [0.15, 0.2) is 24.3 Å². The van der Waals surface area contributed by atoms with E-state index >= 15 is 0 Å². The van der Waals surface area contributed by atoms with Gasteiger partial charge in [0, 0.05) is 57.9 Å². The zero-order valence-corrected chi connectivity index (χ0v) is 15.2. The van der Waals surface area contributed by atoms with Crippen molar-refractivity contribution in [1.82, 2.24) is 9.80 Å². The quantitative estimate of drug-likeness (QED) is 0.850. The molecular formula is C20H31N3O. The molecule has 2 aliphatic rings.